The maximum absolute atomic E-state index is 13.3. The molecule has 4 rings (SSSR count). The molecule has 3 heterocycles. The third-order valence-electron chi connectivity index (χ3n) is 6.83. The van der Waals surface area contributed by atoms with E-state index in [0.29, 0.717) is 24.2 Å². The fraction of sp³-hybridized carbons (Fsp3) is 0.565. The van der Waals surface area contributed by atoms with E-state index in [0.717, 1.165) is 41.5 Å². The number of likely N-dealkylation sites (tertiary alicyclic amines) is 1. The first-order valence-electron chi connectivity index (χ1n) is 11.2. The van der Waals surface area contributed by atoms with Crippen molar-refractivity contribution < 1.29 is 10.0 Å². The van der Waals surface area contributed by atoms with Gasteiger partial charge >= 0.3 is 0 Å². The number of fused-ring (bicyclic) bond motifs is 1. The monoisotopic (exact) mass is 425 g/mol. The first-order valence-corrected chi connectivity index (χ1v) is 11.2. The van der Waals surface area contributed by atoms with Gasteiger partial charge in [0.2, 0.25) is 5.82 Å². The summed E-state index contributed by atoms with van der Waals surface area (Å²) in [5.41, 5.74) is 3.38. The van der Waals surface area contributed by atoms with Crippen molar-refractivity contribution in [3.8, 4) is 0 Å². The first-order chi connectivity index (χ1) is 14.7. The number of aliphatic hydroxyl groups is 1. The number of aryl methyl sites for hydroxylation is 2. The number of nitrogens with one attached hydrogen (secondary N) is 2. The second-order valence-electron chi connectivity index (χ2n) is 9.54. The number of aromatic nitrogens is 5. The summed E-state index contributed by atoms with van der Waals surface area (Å²) in [5.74, 6) is 0.701. The number of aliphatic hydroxyl groups excluding tert-OH is 1. The Labute approximate surface area is 182 Å². The van der Waals surface area contributed by atoms with Crippen LogP contribution in [0.1, 0.15) is 68.6 Å². The van der Waals surface area contributed by atoms with Crippen LogP contribution in [0.15, 0.2) is 23.0 Å². The summed E-state index contributed by atoms with van der Waals surface area (Å²) in [5, 5.41) is 23.8. The number of H-pyrrole nitrogens is 1. The third kappa shape index (κ3) is 4.02. The molecule has 1 aliphatic rings. The number of benzene rings is 1. The highest BCUT2D eigenvalue weighted by Crippen LogP contribution is 2.26. The topological polar surface area (TPSA) is 101 Å². The number of tetrazole rings is 1. The fourth-order valence-electron chi connectivity index (χ4n) is 4.68. The second kappa shape index (κ2) is 8.16. The molecule has 8 nitrogen and oxygen atoms in total. The van der Waals surface area contributed by atoms with Gasteiger partial charge in [-0.25, -0.2) is 4.68 Å². The molecule has 1 saturated heterocycles. The molecule has 0 bridgehead atoms. The number of aromatic amines is 1. The Kier molecular flexibility index (Phi) is 5.70. The predicted octanol–water partition coefficient (Wildman–Crippen LogP) is 1.41. The van der Waals surface area contributed by atoms with E-state index in [2.05, 4.69) is 60.3 Å². The second-order valence-corrected chi connectivity index (χ2v) is 9.54. The van der Waals surface area contributed by atoms with Gasteiger partial charge in [0.15, 0.2) is 6.04 Å². The van der Waals surface area contributed by atoms with Gasteiger partial charge in [-0.05, 0) is 67.6 Å². The number of nitrogens with zero attached hydrogens (tertiary/aromatic N) is 4. The highest BCUT2D eigenvalue weighted by atomic mass is 16.3. The molecule has 8 heteroatoms. The summed E-state index contributed by atoms with van der Waals surface area (Å²) >= 11 is 0. The lowest BCUT2D eigenvalue weighted by Gasteiger charge is -2.34. The molecule has 0 aliphatic carbocycles. The molecule has 166 valence electrons. The van der Waals surface area contributed by atoms with Gasteiger partial charge in [-0.1, -0.05) is 18.6 Å². The molecule has 1 fully saturated rings. The van der Waals surface area contributed by atoms with Crippen molar-refractivity contribution in [1.82, 2.24) is 25.2 Å². The van der Waals surface area contributed by atoms with Gasteiger partial charge < -0.3 is 15.0 Å². The van der Waals surface area contributed by atoms with Crippen LogP contribution < -0.4 is 10.5 Å². The average Bonchev–Trinajstić information content (AvgIpc) is 3.21. The zero-order valence-corrected chi connectivity index (χ0v) is 19.1. The number of piperidine rings is 1. The molecule has 0 amide bonds. The molecule has 3 N–H and O–H groups in total. The van der Waals surface area contributed by atoms with Gasteiger partial charge in [0.25, 0.3) is 5.56 Å². The van der Waals surface area contributed by atoms with Crippen molar-refractivity contribution in [1.29, 1.82) is 0 Å². The first kappa shape index (κ1) is 21.6. The Morgan fingerprint density at radius 2 is 1.97 bits per heavy atom. The zero-order chi connectivity index (χ0) is 22.3. The Morgan fingerprint density at radius 3 is 2.65 bits per heavy atom. The van der Waals surface area contributed by atoms with Gasteiger partial charge in [0.1, 0.15) is 0 Å². The molecular formula is C23H33N6O2+. The number of quaternary nitrogens is 1. The van der Waals surface area contributed by atoms with Crippen LogP contribution in [0, 0.1) is 13.8 Å². The summed E-state index contributed by atoms with van der Waals surface area (Å²) in [7, 11) is 0. The highest BCUT2D eigenvalue weighted by Gasteiger charge is 2.38. The molecule has 0 saturated carbocycles. The summed E-state index contributed by atoms with van der Waals surface area (Å²) in [6.07, 6.45) is 1.98. The molecule has 31 heavy (non-hydrogen) atoms. The summed E-state index contributed by atoms with van der Waals surface area (Å²) < 4.78 is 1.88. The van der Waals surface area contributed by atoms with E-state index in [-0.39, 0.29) is 23.2 Å². The van der Waals surface area contributed by atoms with E-state index in [9.17, 15) is 9.90 Å². The Hall–Kier alpha value is -2.58. The Bertz CT molecular complexity index is 1140. The maximum Gasteiger partial charge on any atom is 0.258 e. The number of pyridine rings is 1. The quantitative estimate of drug-likeness (QED) is 0.574. The van der Waals surface area contributed by atoms with Gasteiger partial charge in [0, 0.05) is 12.8 Å². The van der Waals surface area contributed by atoms with Gasteiger partial charge in [0.05, 0.1) is 35.8 Å². The average molecular weight is 426 g/mol. The lowest BCUT2D eigenvalue weighted by atomic mass is 9.96. The largest absolute Gasteiger partial charge is 0.393 e. The SMILES string of the molecule is CCC(C)(C)n1nnnc1[C@H](c1cc2cc(C)cc(C)c2[nH]c1=O)[NH+]1CCC(O)CC1. The van der Waals surface area contributed by atoms with Gasteiger partial charge in [-0.3, -0.25) is 4.79 Å². The van der Waals surface area contributed by atoms with E-state index in [4.69, 9.17) is 0 Å². The van der Waals surface area contributed by atoms with E-state index >= 15 is 0 Å². The Morgan fingerprint density at radius 1 is 1.26 bits per heavy atom. The van der Waals surface area contributed by atoms with Crippen molar-refractivity contribution in [2.45, 2.75) is 71.6 Å². The van der Waals surface area contributed by atoms with Crippen molar-refractivity contribution >= 4 is 10.9 Å². The zero-order valence-electron chi connectivity index (χ0n) is 19.1. The van der Waals surface area contributed by atoms with Crippen molar-refractivity contribution in [2.24, 2.45) is 0 Å². The van der Waals surface area contributed by atoms with Gasteiger partial charge in [-0.15, -0.1) is 5.10 Å². The van der Waals surface area contributed by atoms with E-state index < -0.39 is 0 Å². The third-order valence-corrected chi connectivity index (χ3v) is 6.83. The molecular weight excluding hydrogens is 392 g/mol. The minimum Gasteiger partial charge on any atom is -0.393 e. The fourth-order valence-corrected chi connectivity index (χ4v) is 4.68. The predicted molar refractivity (Wildman–Crippen MR) is 119 cm³/mol. The van der Waals surface area contributed by atoms with E-state index in [1.165, 1.54) is 4.90 Å². The van der Waals surface area contributed by atoms with E-state index in [1.54, 1.807) is 0 Å². The van der Waals surface area contributed by atoms with Crippen LogP contribution in [0.3, 0.4) is 0 Å². The van der Waals surface area contributed by atoms with Crippen molar-refractivity contribution in [2.75, 3.05) is 13.1 Å². The minimum atomic E-state index is -0.303. The molecule has 1 atom stereocenters. The molecule has 3 aromatic rings. The smallest absolute Gasteiger partial charge is 0.258 e. The lowest BCUT2D eigenvalue weighted by Crippen LogP contribution is -3.14. The van der Waals surface area contributed by atoms with Crippen LogP contribution >= 0.6 is 0 Å². The highest BCUT2D eigenvalue weighted by molar-refractivity contribution is 5.83. The molecule has 0 radical (unpaired) electrons. The van der Waals surface area contributed by atoms with Crippen LogP contribution in [0.5, 0.6) is 0 Å². The van der Waals surface area contributed by atoms with Crippen molar-refractivity contribution in [3.63, 3.8) is 0 Å². The van der Waals surface area contributed by atoms with Crippen LogP contribution in [0.25, 0.3) is 10.9 Å². The van der Waals surface area contributed by atoms with Crippen LogP contribution in [-0.4, -0.2) is 49.5 Å². The number of hydrogen-bond donors (Lipinski definition) is 3. The lowest BCUT2D eigenvalue weighted by molar-refractivity contribution is -0.932. The minimum absolute atomic E-state index is 0.105. The standard InChI is InChI=1S/C23H32N6O2/c1-6-23(4,5)29-21(25-26-27-29)20(28-9-7-17(30)8-10-28)18-13-16-12-14(2)11-15(3)19(16)24-22(18)31/h11-13,17,20,30H,6-10H2,1-5H3,(H,24,31)/p+1/t20-/m0/s1. The van der Waals surface area contributed by atoms with Crippen LogP contribution in [-0.2, 0) is 5.54 Å². The van der Waals surface area contributed by atoms with Crippen LogP contribution in [0.4, 0.5) is 0 Å². The van der Waals surface area contributed by atoms with E-state index in [1.807, 2.05) is 17.7 Å². The number of hydrogen-bond acceptors (Lipinski definition) is 5. The maximum atomic E-state index is 13.3. The van der Waals surface area contributed by atoms with Crippen molar-refractivity contribution in [3.05, 3.63) is 51.1 Å². The summed E-state index contributed by atoms with van der Waals surface area (Å²) in [6.45, 7) is 11.9. The summed E-state index contributed by atoms with van der Waals surface area (Å²) in [6, 6.07) is 5.89. The number of rotatable bonds is 5. The van der Waals surface area contributed by atoms with Gasteiger partial charge in [-0.2, -0.15) is 0 Å². The normalized spacial score (nSPS) is 20.8. The molecule has 0 unspecified atom stereocenters. The molecule has 0 spiro atoms. The molecule has 1 aliphatic heterocycles. The Balaban J connectivity index is 1.92. The molecule has 2 aromatic heterocycles. The van der Waals surface area contributed by atoms with Crippen LogP contribution in [0.2, 0.25) is 0 Å². The molecule has 1 aromatic carbocycles. The summed E-state index contributed by atoms with van der Waals surface area (Å²) in [4.78, 5) is 17.7.